The molecule has 0 bridgehead atoms. The third-order valence-electron chi connectivity index (χ3n) is 11.0. The maximum absolute atomic E-state index is 12.8. The second kappa shape index (κ2) is 54.4. The van der Waals surface area contributed by atoms with Crippen molar-refractivity contribution in [1.29, 1.82) is 0 Å². The molecule has 0 aromatic carbocycles. The molecular formula is C61H98O6. The van der Waals surface area contributed by atoms with Gasteiger partial charge in [0.2, 0.25) is 0 Å². The van der Waals surface area contributed by atoms with Crippen molar-refractivity contribution in [2.45, 2.75) is 232 Å². The van der Waals surface area contributed by atoms with Crippen LogP contribution < -0.4 is 0 Å². The van der Waals surface area contributed by atoms with Crippen molar-refractivity contribution in [2.75, 3.05) is 13.2 Å². The molecule has 1 atom stereocenters. The minimum absolute atomic E-state index is 0.114. The van der Waals surface area contributed by atoms with Gasteiger partial charge in [-0.2, -0.15) is 0 Å². The van der Waals surface area contributed by atoms with Gasteiger partial charge >= 0.3 is 17.9 Å². The Morgan fingerprint density at radius 2 is 0.657 bits per heavy atom. The number of hydrogen-bond donors (Lipinski definition) is 0. The van der Waals surface area contributed by atoms with Crippen LogP contribution in [0, 0.1) is 0 Å². The molecule has 0 radical (unpaired) electrons. The number of ether oxygens (including phenoxy) is 3. The van der Waals surface area contributed by atoms with Crippen LogP contribution in [0.1, 0.15) is 226 Å². The van der Waals surface area contributed by atoms with Crippen molar-refractivity contribution >= 4 is 17.9 Å². The van der Waals surface area contributed by atoms with E-state index < -0.39 is 6.10 Å². The molecule has 0 amide bonds. The molecular weight excluding hydrogens is 829 g/mol. The summed E-state index contributed by atoms with van der Waals surface area (Å²) in [5, 5.41) is 0. The molecule has 0 aromatic rings. The Morgan fingerprint density at radius 3 is 1.10 bits per heavy atom. The maximum atomic E-state index is 12.8. The Kier molecular flexibility index (Phi) is 51.0. The number of hydrogen-bond acceptors (Lipinski definition) is 6. The molecule has 6 nitrogen and oxygen atoms in total. The largest absolute Gasteiger partial charge is 0.462 e. The molecule has 0 heterocycles. The highest BCUT2D eigenvalue weighted by atomic mass is 16.6. The highest BCUT2D eigenvalue weighted by molar-refractivity contribution is 5.71. The topological polar surface area (TPSA) is 78.9 Å². The van der Waals surface area contributed by atoms with Crippen LogP contribution in [0.3, 0.4) is 0 Å². The van der Waals surface area contributed by atoms with Crippen molar-refractivity contribution in [2.24, 2.45) is 0 Å². The molecule has 0 spiro atoms. The summed E-state index contributed by atoms with van der Waals surface area (Å²) < 4.78 is 16.8. The van der Waals surface area contributed by atoms with Crippen molar-refractivity contribution in [3.8, 4) is 0 Å². The second-order valence-electron chi connectivity index (χ2n) is 17.5. The first-order chi connectivity index (χ1) is 33.0. The van der Waals surface area contributed by atoms with E-state index in [1.165, 1.54) is 77.0 Å². The number of carbonyl (C=O) groups is 3. The molecule has 0 aliphatic rings. The lowest BCUT2D eigenvalue weighted by atomic mass is 10.1. The first-order valence-electron chi connectivity index (χ1n) is 27.1. The normalized spacial score (nSPS) is 13.1. The summed E-state index contributed by atoms with van der Waals surface area (Å²) in [5.74, 6) is -1.01. The second-order valence-corrected chi connectivity index (χ2v) is 17.5. The number of rotatable bonds is 47. The van der Waals surface area contributed by atoms with Gasteiger partial charge < -0.3 is 14.2 Å². The average Bonchev–Trinajstić information content (AvgIpc) is 3.33. The van der Waals surface area contributed by atoms with E-state index >= 15 is 0 Å². The minimum Gasteiger partial charge on any atom is -0.462 e. The zero-order valence-corrected chi connectivity index (χ0v) is 43.1. The summed E-state index contributed by atoms with van der Waals surface area (Å²) in [6, 6.07) is 0. The first-order valence-corrected chi connectivity index (χ1v) is 27.1. The third-order valence-corrected chi connectivity index (χ3v) is 11.0. The van der Waals surface area contributed by atoms with E-state index in [-0.39, 0.29) is 37.5 Å². The zero-order chi connectivity index (χ0) is 48.6. The van der Waals surface area contributed by atoms with Gasteiger partial charge in [-0.3, -0.25) is 14.4 Å². The summed E-state index contributed by atoms with van der Waals surface area (Å²) in [7, 11) is 0. The van der Waals surface area contributed by atoms with Gasteiger partial charge in [-0.05, 0) is 109 Å². The van der Waals surface area contributed by atoms with Crippen molar-refractivity contribution in [3.05, 3.63) is 122 Å². The van der Waals surface area contributed by atoms with Crippen molar-refractivity contribution in [3.63, 3.8) is 0 Å². The van der Waals surface area contributed by atoms with E-state index in [2.05, 4.69) is 118 Å². The van der Waals surface area contributed by atoms with Crippen LogP contribution in [0.5, 0.6) is 0 Å². The molecule has 0 N–H and O–H groups in total. The Balaban J connectivity index is 4.55. The number of carbonyl (C=O) groups excluding carboxylic acids is 3. The molecule has 1 unspecified atom stereocenters. The van der Waals surface area contributed by atoms with E-state index in [0.29, 0.717) is 19.3 Å². The lowest BCUT2D eigenvalue weighted by Crippen LogP contribution is -2.30. The lowest BCUT2D eigenvalue weighted by molar-refractivity contribution is -0.167. The predicted octanol–water partition coefficient (Wildman–Crippen LogP) is 18.1. The molecule has 0 aliphatic carbocycles. The van der Waals surface area contributed by atoms with Crippen LogP contribution in [-0.2, 0) is 28.6 Å². The standard InChI is InChI=1S/C61H98O6/c1-4-7-10-13-16-19-22-25-28-30-33-36-39-42-45-48-51-54-60(63)66-57-58(56-65-59(62)53-50-47-44-41-38-35-32-27-24-21-18-15-12-9-6-3)67-61(64)55-52-49-46-43-40-37-34-31-29-26-23-20-17-14-11-8-5-2/h9,12,15-21,24-29,32-33,36,42,45,58H,4-8,10-11,13-14,22-23,30-31,34-35,37-41,43-44,46-57H2,1-3H3/b12-9-,18-15-,19-16-,20-17-,24-21-,28-25-,29-26-,32-27-,36-33-,45-42-. The van der Waals surface area contributed by atoms with Crippen LogP contribution in [0.4, 0.5) is 0 Å². The van der Waals surface area contributed by atoms with Gasteiger partial charge in [-0.25, -0.2) is 0 Å². The Labute approximate surface area is 412 Å². The first kappa shape index (κ1) is 62.8. The van der Waals surface area contributed by atoms with E-state index in [0.717, 1.165) is 103 Å². The van der Waals surface area contributed by atoms with E-state index in [9.17, 15) is 14.4 Å². The fraction of sp³-hybridized carbons (Fsp3) is 0.623. The van der Waals surface area contributed by atoms with Crippen LogP contribution in [0.25, 0.3) is 0 Å². The SMILES string of the molecule is CC\C=C/C=C\C=C/C=C\CCCCCCCC(=O)OCC(COC(=O)CCC/C=C\C/C=C\C/C=C\C/C=C\CCCCC)OC(=O)CCCCCCCCC/C=C\C/C=C\CCCCC. The zero-order valence-electron chi connectivity index (χ0n) is 43.1. The predicted molar refractivity (Wildman–Crippen MR) is 288 cm³/mol. The van der Waals surface area contributed by atoms with E-state index in [1.54, 1.807) is 0 Å². The number of allylic oxidation sites excluding steroid dienone is 20. The van der Waals surface area contributed by atoms with Crippen LogP contribution in [0.15, 0.2) is 122 Å². The molecule has 0 saturated carbocycles. The Bertz CT molecular complexity index is 1440. The monoisotopic (exact) mass is 927 g/mol. The average molecular weight is 927 g/mol. The van der Waals surface area contributed by atoms with E-state index in [1.807, 2.05) is 24.3 Å². The van der Waals surface area contributed by atoms with Crippen LogP contribution in [-0.4, -0.2) is 37.2 Å². The summed E-state index contributed by atoms with van der Waals surface area (Å²) in [4.78, 5) is 38.1. The van der Waals surface area contributed by atoms with E-state index in [4.69, 9.17) is 14.2 Å². The van der Waals surface area contributed by atoms with Gasteiger partial charge in [0.05, 0.1) is 0 Å². The quantitative estimate of drug-likeness (QED) is 0.0199. The van der Waals surface area contributed by atoms with Crippen molar-refractivity contribution in [1.82, 2.24) is 0 Å². The lowest BCUT2D eigenvalue weighted by Gasteiger charge is -2.18. The Morgan fingerprint density at radius 1 is 0.328 bits per heavy atom. The molecule has 378 valence electrons. The molecule has 67 heavy (non-hydrogen) atoms. The molecule has 0 saturated heterocycles. The molecule has 0 aromatic heterocycles. The van der Waals surface area contributed by atoms with Gasteiger partial charge in [-0.1, -0.05) is 219 Å². The molecule has 0 fully saturated rings. The highest BCUT2D eigenvalue weighted by Crippen LogP contribution is 2.13. The Hall–Kier alpha value is -4.19. The van der Waals surface area contributed by atoms with Gasteiger partial charge in [0.1, 0.15) is 13.2 Å². The molecule has 6 heteroatoms. The van der Waals surface area contributed by atoms with Crippen LogP contribution >= 0.6 is 0 Å². The number of unbranched alkanes of at least 4 members (excludes halogenated alkanes) is 19. The van der Waals surface area contributed by atoms with Gasteiger partial charge in [0.15, 0.2) is 6.10 Å². The number of esters is 3. The maximum Gasteiger partial charge on any atom is 0.306 e. The fourth-order valence-electron chi connectivity index (χ4n) is 6.94. The molecule has 0 rings (SSSR count). The minimum atomic E-state index is -0.818. The van der Waals surface area contributed by atoms with Gasteiger partial charge in [0.25, 0.3) is 0 Å². The molecule has 0 aliphatic heterocycles. The fourth-order valence-corrected chi connectivity index (χ4v) is 6.94. The van der Waals surface area contributed by atoms with Crippen LogP contribution in [0.2, 0.25) is 0 Å². The van der Waals surface area contributed by atoms with Gasteiger partial charge in [0, 0.05) is 19.3 Å². The van der Waals surface area contributed by atoms with Crippen molar-refractivity contribution < 1.29 is 28.6 Å². The smallest absolute Gasteiger partial charge is 0.306 e. The summed E-state index contributed by atoms with van der Waals surface area (Å²) in [6.07, 6.45) is 74.7. The third kappa shape index (κ3) is 52.6. The summed E-state index contributed by atoms with van der Waals surface area (Å²) in [6.45, 7) is 6.36. The summed E-state index contributed by atoms with van der Waals surface area (Å²) >= 11 is 0. The summed E-state index contributed by atoms with van der Waals surface area (Å²) in [5.41, 5.74) is 0. The highest BCUT2D eigenvalue weighted by Gasteiger charge is 2.19. The van der Waals surface area contributed by atoms with Gasteiger partial charge in [-0.15, -0.1) is 0 Å².